The molecule has 88 valence electrons. The molecule has 1 aromatic heterocycles. The SMILES string of the molecule is Cc1nc(N)nc(CSc2cccc(Cl)c2)n1. The number of rotatable bonds is 3. The second-order valence-electron chi connectivity index (χ2n) is 3.40. The highest BCUT2D eigenvalue weighted by atomic mass is 35.5. The molecule has 2 aromatic rings. The number of halogens is 1. The lowest BCUT2D eigenvalue weighted by molar-refractivity contribution is 0.923. The van der Waals surface area contributed by atoms with Gasteiger partial charge in [0.25, 0.3) is 0 Å². The van der Waals surface area contributed by atoms with E-state index in [1.54, 1.807) is 18.7 Å². The van der Waals surface area contributed by atoms with Crippen LogP contribution in [0.25, 0.3) is 0 Å². The molecule has 0 aliphatic rings. The van der Waals surface area contributed by atoms with Crippen molar-refractivity contribution in [2.45, 2.75) is 17.6 Å². The molecular weight excluding hydrogens is 256 g/mol. The molecule has 0 amide bonds. The monoisotopic (exact) mass is 266 g/mol. The summed E-state index contributed by atoms with van der Waals surface area (Å²) in [7, 11) is 0. The van der Waals surface area contributed by atoms with Crippen molar-refractivity contribution in [2.24, 2.45) is 0 Å². The van der Waals surface area contributed by atoms with Gasteiger partial charge in [-0.15, -0.1) is 11.8 Å². The maximum atomic E-state index is 5.90. The van der Waals surface area contributed by atoms with Crippen molar-refractivity contribution >= 4 is 29.3 Å². The summed E-state index contributed by atoms with van der Waals surface area (Å²) in [6.45, 7) is 1.80. The van der Waals surface area contributed by atoms with Crippen LogP contribution in [0, 0.1) is 6.92 Å². The third kappa shape index (κ3) is 3.57. The van der Waals surface area contributed by atoms with Crippen LogP contribution in [0.15, 0.2) is 29.2 Å². The molecule has 0 bridgehead atoms. The van der Waals surface area contributed by atoms with Crippen LogP contribution in [0.1, 0.15) is 11.6 Å². The molecule has 0 spiro atoms. The van der Waals surface area contributed by atoms with E-state index in [-0.39, 0.29) is 5.95 Å². The highest BCUT2D eigenvalue weighted by Gasteiger charge is 2.02. The fourth-order valence-corrected chi connectivity index (χ4v) is 2.39. The van der Waals surface area contributed by atoms with Crippen LogP contribution in [0.2, 0.25) is 5.02 Å². The van der Waals surface area contributed by atoms with E-state index in [9.17, 15) is 0 Å². The lowest BCUT2D eigenvalue weighted by Crippen LogP contribution is -2.03. The van der Waals surface area contributed by atoms with Crippen molar-refractivity contribution < 1.29 is 0 Å². The number of benzene rings is 1. The number of nitrogen functional groups attached to an aromatic ring is 1. The molecule has 17 heavy (non-hydrogen) atoms. The molecule has 2 N–H and O–H groups in total. The van der Waals surface area contributed by atoms with Gasteiger partial charge in [0.05, 0.1) is 5.75 Å². The zero-order valence-corrected chi connectivity index (χ0v) is 10.8. The van der Waals surface area contributed by atoms with Crippen molar-refractivity contribution in [1.82, 2.24) is 15.0 Å². The standard InChI is InChI=1S/C11H11ClN4S/c1-7-14-10(16-11(13)15-7)6-17-9-4-2-3-8(12)5-9/h2-5H,6H2,1H3,(H2,13,14,15,16). The predicted octanol–water partition coefficient (Wildman–Crippen LogP) is 2.71. The Morgan fingerprint density at radius 1 is 1.29 bits per heavy atom. The fourth-order valence-electron chi connectivity index (χ4n) is 1.33. The number of hydrogen-bond donors (Lipinski definition) is 1. The van der Waals surface area contributed by atoms with E-state index in [0.717, 1.165) is 9.92 Å². The molecule has 6 heteroatoms. The Labute approximate surface area is 109 Å². The zero-order chi connectivity index (χ0) is 12.3. The topological polar surface area (TPSA) is 64.7 Å². The number of nitrogens with two attached hydrogens (primary N) is 1. The van der Waals surface area contributed by atoms with Crippen LogP contribution >= 0.6 is 23.4 Å². The number of anilines is 1. The Morgan fingerprint density at radius 2 is 2.12 bits per heavy atom. The second kappa shape index (κ2) is 5.33. The Balaban J connectivity index is 2.07. The molecule has 0 unspecified atom stereocenters. The Morgan fingerprint density at radius 3 is 2.82 bits per heavy atom. The summed E-state index contributed by atoms with van der Waals surface area (Å²) in [5.41, 5.74) is 5.56. The van der Waals surface area contributed by atoms with E-state index in [2.05, 4.69) is 15.0 Å². The second-order valence-corrected chi connectivity index (χ2v) is 4.89. The number of hydrogen-bond acceptors (Lipinski definition) is 5. The lowest BCUT2D eigenvalue weighted by Gasteiger charge is -2.03. The van der Waals surface area contributed by atoms with Gasteiger partial charge in [-0.25, -0.2) is 4.98 Å². The molecule has 0 aliphatic carbocycles. The largest absolute Gasteiger partial charge is 0.368 e. The highest BCUT2D eigenvalue weighted by molar-refractivity contribution is 7.98. The van der Waals surface area contributed by atoms with Crippen molar-refractivity contribution in [3.63, 3.8) is 0 Å². The van der Waals surface area contributed by atoms with Crippen LogP contribution < -0.4 is 5.73 Å². The van der Waals surface area contributed by atoms with Crippen LogP contribution in [0.5, 0.6) is 0 Å². The molecule has 4 nitrogen and oxygen atoms in total. The van der Waals surface area contributed by atoms with Crippen LogP contribution in [0.4, 0.5) is 5.95 Å². The van der Waals surface area contributed by atoms with E-state index in [1.165, 1.54) is 0 Å². The molecular formula is C11H11ClN4S. The van der Waals surface area contributed by atoms with Gasteiger partial charge in [0.1, 0.15) is 11.6 Å². The minimum absolute atomic E-state index is 0.263. The quantitative estimate of drug-likeness (QED) is 0.866. The molecule has 2 rings (SSSR count). The van der Waals surface area contributed by atoms with E-state index >= 15 is 0 Å². The minimum atomic E-state index is 0.263. The Bertz CT molecular complexity index is 512. The molecule has 1 heterocycles. The number of aryl methyl sites for hydroxylation is 1. The van der Waals surface area contributed by atoms with Gasteiger partial charge >= 0.3 is 0 Å². The molecule has 0 atom stereocenters. The maximum Gasteiger partial charge on any atom is 0.223 e. The van der Waals surface area contributed by atoms with Gasteiger partial charge in [-0.1, -0.05) is 17.7 Å². The van der Waals surface area contributed by atoms with Crippen molar-refractivity contribution in [1.29, 1.82) is 0 Å². The Kier molecular flexibility index (Phi) is 3.81. The van der Waals surface area contributed by atoms with Crippen LogP contribution in [-0.2, 0) is 5.75 Å². The summed E-state index contributed by atoms with van der Waals surface area (Å²) in [6.07, 6.45) is 0. The highest BCUT2D eigenvalue weighted by Crippen LogP contribution is 2.24. The first kappa shape index (κ1) is 12.1. The predicted molar refractivity (Wildman–Crippen MR) is 70.0 cm³/mol. The van der Waals surface area contributed by atoms with Gasteiger partial charge in [0, 0.05) is 9.92 Å². The molecule has 0 aliphatic heterocycles. The first-order valence-corrected chi connectivity index (χ1v) is 6.35. The third-order valence-corrected chi connectivity index (χ3v) is 3.20. The lowest BCUT2D eigenvalue weighted by atomic mass is 10.4. The fraction of sp³-hybridized carbons (Fsp3) is 0.182. The summed E-state index contributed by atoms with van der Waals surface area (Å²) in [5.74, 6) is 2.23. The average Bonchev–Trinajstić information content (AvgIpc) is 2.25. The normalized spacial score (nSPS) is 10.5. The van der Waals surface area contributed by atoms with Gasteiger partial charge < -0.3 is 5.73 Å². The van der Waals surface area contributed by atoms with E-state index in [1.807, 2.05) is 24.3 Å². The van der Waals surface area contributed by atoms with Gasteiger partial charge in [-0.3, -0.25) is 0 Å². The van der Waals surface area contributed by atoms with Crippen LogP contribution in [-0.4, -0.2) is 15.0 Å². The first-order valence-electron chi connectivity index (χ1n) is 4.99. The smallest absolute Gasteiger partial charge is 0.223 e. The molecule has 0 fully saturated rings. The Hall–Kier alpha value is -1.33. The molecule has 0 radical (unpaired) electrons. The third-order valence-electron chi connectivity index (χ3n) is 1.97. The first-order chi connectivity index (χ1) is 8.13. The summed E-state index contributed by atoms with van der Waals surface area (Å²) in [5, 5.41) is 0.723. The number of thioether (sulfide) groups is 1. The van der Waals surface area contributed by atoms with Crippen molar-refractivity contribution in [3.05, 3.63) is 40.9 Å². The molecule has 0 saturated heterocycles. The molecule has 1 aromatic carbocycles. The summed E-state index contributed by atoms with van der Waals surface area (Å²) in [4.78, 5) is 13.3. The van der Waals surface area contributed by atoms with Gasteiger partial charge in [-0.2, -0.15) is 9.97 Å². The van der Waals surface area contributed by atoms with Gasteiger partial charge in [-0.05, 0) is 25.1 Å². The molecule has 0 saturated carbocycles. The zero-order valence-electron chi connectivity index (χ0n) is 9.22. The summed E-state index contributed by atoms with van der Waals surface area (Å²) >= 11 is 7.51. The maximum absolute atomic E-state index is 5.90. The number of aromatic nitrogens is 3. The van der Waals surface area contributed by atoms with Crippen molar-refractivity contribution in [3.8, 4) is 0 Å². The van der Waals surface area contributed by atoms with Crippen LogP contribution in [0.3, 0.4) is 0 Å². The summed E-state index contributed by atoms with van der Waals surface area (Å²) < 4.78 is 0. The van der Waals surface area contributed by atoms with Crippen molar-refractivity contribution in [2.75, 3.05) is 5.73 Å². The van der Waals surface area contributed by atoms with E-state index < -0.39 is 0 Å². The van der Waals surface area contributed by atoms with E-state index in [0.29, 0.717) is 17.4 Å². The van der Waals surface area contributed by atoms with Gasteiger partial charge in [0.15, 0.2) is 0 Å². The van der Waals surface area contributed by atoms with Gasteiger partial charge in [0.2, 0.25) is 5.95 Å². The summed E-state index contributed by atoms with van der Waals surface area (Å²) in [6, 6.07) is 7.66. The minimum Gasteiger partial charge on any atom is -0.368 e. The van der Waals surface area contributed by atoms with E-state index in [4.69, 9.17) is 17.3 Å². The number of nitrogens with zero attached hydrogens (tertiary/aromatic N) is 3. The average molecular weight is 267 g/mol.